The van der Waals surface area contributed by atoms with Crippen molar-refractivity contribution in [3.05, 3.63) is 72.7 Å². The van der Waals surface area contributed by atoms with Crippen LogP contribution in [0.4, 0.5) is 5.69 Å². The first-order chi connectivity index (χ1) is 15.2. The van der Waals surface area contributed by atoms with E-state index < -0.39 is 0 Å². The molecule has 0 spiro atoms. The molecular formula is C25H28N4O2. The number of para-hydroxylation sites is 1. The summed E-state index contributed by atoms with van der Waals surface area (Å²) in [7, 11) is 0. The number of anilines is 1. The molecule has 1 fully saturated rings. The third kappa shape index (κ3) is 5.67. The van der Waals surface area contributed by atoms with E-state index in [1.54, 1.807) is 12.4 Å². The van der Waals surface area contributed by atoms with Crippen molar-refractivity contribution < 1.29 is 9.53 Å². The SMILES string of the molecule is CC(=O)Nc1cccc(-c2nccnc2C2CCCN(CCOc3ccccc3)C2)c1. The van der Waals surface area contributed by atoms with Gasteiger partial charge < -0.3 is 10.1 Å². The lowest BCUT2D eigenvalue weighted by Gasteiger charge is -2.32. The summed E-state index contributed by atoms with van der Waals surface area (Å²) in [4.78, 5) is 23.3. The number of likely N-dealkylation sites (tertiary alicyclic amines) is 1. The Morgan fingerprint density at radius 2 is 1.97 bits per heavy atom. The normalized spacial score (nSPS) is 16.6. The number of carbonyl (C=O) groups excluding carboxylic acids is 1. The number of nitrogens with zero attached hydrogens (tertiary/aromatic N) is 3. The number of piperidine rings is 1. The van der Waals surface area contributed by atoms with Gasteiger partial charge >= 0.3 is 0 Å². The topological polar surface area (TPSA) is 67.4 Å². The fraction of sp³-hybridized carbons (Fsp3) is 0.320. The summed E-state index contributed by atoms with van der Waals surface area (Å²) in [5, 5.41) is 2.85. The molecule has 1 atom stereocenters. The van der Waals surface area contributed by atoms with Crippen LogP contribution >= 0.6 is 0 Å². The molecule has 0 radical (unpaired) electrons. The lowest BCUT2D eigenvalue weighted by molar-refractivity contribution is -0.114. The molecule has 160 valence electrons. The number of rotatable bonds is 7. The zero-order valence-electron chi connectivity index (χ0n) is 17.8. The molecule has 0 aliphatic carbocycles. The van der Waals surface area contributed by atoms with E-state index in [1.165, 1.54) is 6.92 Å². The number of nitrogens with one attached hydrogen (secondary N) is 1. The van der Waals surface area contributed by atoms with Crippen molar-refractivity contribution in [1.82, 2.24) is 14.9 Å². The van der Waals surface area contributed by atoms with E-state index in [1.807, 2.05) is 54.6 Å². The van der Waals surface area contributed by atoms with Gasteiger partial charge in [0, 0.05) is 49.6 Å². The van der Waals surface area contributed by atoms with E-state index in [9.17, 15) is 4.79 Å². The molecule has 4 rings (SSSR count). The van der Waals surface area contributed by atoms with Gasteiger partial charge in [-0.1, -0.05) is 30.3 Å². The highest BCUT2D eigenvalue weighted by molar-refractivity contribution is 5.89. The molecule has 0 saturated carbocycles. The molecule has 1 aromatic heterocycles. The standard InChI is InChI=1S/C25H28N4O2/c1-19(30)28-22-9-5-7-20(17-22)24-25(27-13-12-26-24)21-8-6-14-29(18-21)15-16-31-23-10-3-2-4-11-23/h2-5,7,9-13,17,21H,6,8,14-16,18H2,1H3,(H,28,30). The Morgan fingerprint density at radius 3 is 2.81 bits per heavy atom. The summed E-state index contributed by atoms with van der Waals surface area (Å²) < 4.78 is 5.88. The van der Waals surface area contributed by atoms with Crippen molar-refractivity contribution in [2.75, 3.05) is 31.6 Å². The van der Waals surface area contributed by atoms with Gasteiger partial charge in [0.1, 0.15) is 12.4 Å². The Balaban J connectivity index is 1.45. The molecule has 6 heteroatoms. The number of carbonyl (C=O) groups is 1. The van der Waals surface area contributed by atoms with Crippen molar-refractivity contribution in [2.45, 2.75) is 25.7 Å². The van der Waals surface area contributed by atoms with Gasteiger partial charge in [0.15, 0.2) is 0 Å². The maximum Gasteiger partial charge on any atom is 0.221 e. The van der Waals surface area contributed by atoms with Crippen LogP contribution in [0.25, 0.3) is 11.3 Å². The lowest BCUT2D eigenvalue weighted by Crippen LogP contribution is -2.37. The van der Waals surface area contributed by atoms with Gasteiger partial charge in [0.05, 0.1) is 11.4 Å². The molecule has 31 heavy (non-hydrogen) atoms. The minimum absolute atomic E-state index is 0.0860. The lowest BCUT2D eigenvalue weighted by atomic mass is 9.91. The van der Waals surface area contributed by atoms with E-state index in [2.05, 4.69) is 15.2 Å². The Kier molecular flexibility index (Phi) is 6.89. The molecule has 1 aliphatic rings. The third-order valence-electron chi connectivity index (χ3n) is 5.49. The predicted molar refractivity (Wildman–Crippen MR) is 122 cm³/mol. The smallest absolute Gasteiger partial charge is 0.221 e. The fourth-order valence-electron chi connectivity index (χ4n) is 4.11. The van der Waals surface area contributed by atoms with Gasteiger partial charge in [0.2, 0.25) is 5.91 Å². The predicted octanol–water partition coefficient (Wildman–Crippen LogP) is 4.36. The molecule has 1 amide bonds. The second-order valence-electron chi connectivity index (χ2n) is 7.85. The van der Waals surface area contributed by atoms with Gasteiger partial charge in [-0.05, 0) is 43.7 Å². The largest absolute Gasteiger partial charge is 0.492 e. The van der Waals surface area contributed by atoms with Crippen LogP contribution in [-0.4, -0.2) is 47.0 Å². The van der Waals surface area contributed by atoms with E-state index in [-0.39, 0.29) is 5.91 Å². The Hall–Kier alpha value is -3.25. The summed E-state index contributed by atoms with van der Waals surface area (Å²) in [6.45, 7) is 5.08. The second-order valence-corrected chi connectivity index (χ2v) is 7.85. The molecule has 3 aromatic rings. The summed E-state index contributed by atoms with van der Waals surface area (Å²) in [5.74, 6) is 1.14. The van der Waals surface area contributed by atoms with E-state index in [0.717, 1.165) is 60.9 Å². The average molecular weight is 417 g/mol. The maximum absolute atomic E-state index is 11.4. The quantitative estimate of drug-likeness (QED) is 0.620. The van der Waals surface area contributed by atoms with Crippen molar-refractivity contribution in [1.29, 1.82) is 0 Å². The monoisotopic (exact) mass is 416 g/mol. The van der Waals surface area contributed by atoms with E-state index >= 15 is 0 Å². The van der Waals surface area contributed by atoms with Crippen molar-refractivity contribution >= 4 is 11.6 Å². The van der Waals surface area contributed by atoms with Gasteiger partial charge in [-0.25, -0.2) is 0 Å². The summed E-state index contributed by atoms with van der Waals surface area (Å²) in [5.41, 5.74) is 3.65. The minimum atomic E-state index is -0.0860. The fourth-order valence-corrected chi connectivity index (χ4v) is 4.11. The number of benzene rings is 2. The van der Waals surface area contributed by atoms with Gasteiger partial charge in [-0.3, -0.25) is 19.7 Å². The molecule has 2 aromatic carbocycles. The van der Waals surface area contributed by atoms with Crippen LogP contribution in [-0.2, 0) is 4.79 Å². The number of amides is 1. The molecule has 1 saturated heterocycles. The maximum atomic E-state index is 11.4. The Bertz CT molecular complexity index is 1010. The second kappa shape index (κ2) is 10.2. The third-order valence-corrected chi connectivity index (χ3v) is 5.49. The van der Waals surface area contributed by atoms with Gasteiger partial charge in [-0.2, -0.15) is 0 Å². The molecule has 1 unspecified atom stereocenters. The molecule has 0 bridgehead atoms. The van der Waals surface area contributed by atoms with Gasteiger partial charge in [0.25, 0.3) is 0 Å². The number of aromatic nitrogens is 2. The first-order valence-corrected chi connectivity index (χ1v) is 10.8. The zero-order valence-corrected chi connectivity index (χ0v) is 17.8. The van der Waals surface area contributed by atoms with Crippen molar-refractivity contribution in [2.24, 2.45) is 0 Å². The summed E-state index contributed by atoms with van der Waals surface area (Å²) in [6, 6.07) is 17.7. The van der Waals surface area contributed by atoms with Crippen LogP contribution in [0.3, 0.4) is 0 Å². The molecule has 2 heterocycles. The van der Waals surface area contributed by atoms with E-state index in [4.69, 9.17) is 9.72 Å². The van der Waals surface area contributed by atoms with Crippen LogP contribution in [0, 0.1) is 0 Å². The highest BCUT2D eigenvalue weighted by Gasteiger charge is 2.25. The molecular weight excluding hydrogens is 388 g/mol. The number of hydrogen-bond donors (Lipinski definition) is 1. The van der Waals surface area contributed by atoms with Crippen LogP contribution in [0.15, 0.2) is 67.0 Å². The molecule has 6 nitrogen and oxygen atoms in total. The minimum Gasteiger partial charge on any atom is -0.492 e. The first-order valence-electron chi connectivity index (χ1n) is 10.8. The summed E-state index contributed by atoms with van der Waals surface area (Å²) >= 11 is 0. The molecule has 1 N–H and O–H groups in total. The number of hydrogen-bond acceptors (Lipinski definition) is 5. The highest BCUT2D eigenvalue weighted by atomic mass is 16.5. The Labute approximate surface area is 183 Å². The number of ether oxygens (including phenoxy) is 1. The summed E-state index contributed by atoms with van der Waals surface area (Å²) in [6.07, 6.45) is 5.72. The van der Waals surface area contributed by atoms with Crippen LogP contribution in [0.2, 0.25) is 0 Å². The van der Waals surface area contributed by atoms with Crippen LogP contribution in [0.1, 0.15) is 31.4 Å². The van der Waals surface area contributed by atoms with Gasteiger partial charge in [-0.15, -0.1) is 0 Å². The average Bonchev–Trinajstić information content (AvgIpc) is 2.80. The molecule has 1 aliphatic heterocycles. The van der Waals surface area contributed by atoms with Crippen LogP contribution in [0.5, 0.6) is 5.75 Å². The van der Waals surface area contributed by atoms with Crippen molar-refractivity contribution in [3.8, 4) is 17.0 Å². The van der Waals surface area contributed by atoms with Crippen molar-refractivity contribution in [3.63, 3.8) is 0 Å². The van der Waals surface area contributed by atoms with E-state index in [0.29, 0.717) is 12.5 Å². The Morgan fingerprint density at radius 1 is 1.13 bits per heavy atom. The highest BCUT2D eigenvalue weighted by Crippen LogP contribution is 2.32. The van der Waals surface area contributed by atoms with Crippen LogP contribution < -0.4 is 10.1 Å². The first kappa shape index (κ1) is 21.0. The zero-order chi connectivity index (χ0) is 21.5.